The standard InChI is InChI=1S/C13H12Br2O3S/c1-17-9-4-3-7(5-10(9)18-2)12(16)8-6-11(14)19-13(8)15/h3-6,12,16H,1-2H3. The van der Waals surface area contributed by atoms with Crippen LogP contribution in [0.2, 0.25) is 0 Å². The lowest BCUT2D eigenvalue weighted by molar-refractivity contribution is 0.219. The van der Waals surface area contributed by atoms with E-state index in [2.05, 4.69) is 31.9 Å². The van der Waals surface area contributed by atoms with Crippen molar-refractivity contribution in [1.82, 2.24) is 0 Å². The monoisotopic (exact) mass is 406 g/mol. The van der Waals surface area contributed by atoms with E-state index in [1.165, 1.54) is 11.3 Å². The average Bonchev–Trinajstić information content (AvgIpc) is 2.76. The Balaban J connectivity index is 2.39. The normalized spacial score (nSPS) is 12.3. The molecular formula is C13H12Br2O3S. The van der Waals surface area contributed by atoms with Gasteiger partial charge in [0.05, 0.1) is 21.8 Å². The molecule has 1 N–H and O–H groups in total. The Morgan fingerprint density at radius 2 is 1.79 bits per heavy atom. The number of aliphatic hydroxyl groups excluding tert-OH is 1. The molecule has 0 amide bonds. The van der Waals surface area contributed by atoms with Crippen molar-refractivity contribution in [3.8, 4) is 11.5 Å². The molecule has 2 aromatic rings. The maximum absolute atomic E-state index is 10.4. The minimum Gasteiger partial charge on any atom is -0.493 e. The van der Waals surface area contributed by atoms with Crippen molar-refractivity contribution in [2.24, 2.45) is 0 Å². The number of halogens is 2. The summed E-state index contributed by atoms with van der Waals surface area (Å²) in [5.41, 5.74) is 1.58. The first-order chi connectivity index (χ1) is 9.06. The molecule has 0 aliphatic heterocycles. The molecule has 0 aliphatic rings. The molecule has 0 fully saturated rings. The highest BCUT2D eigenvalue weighted by molar-refractivity contribution is 9.12. The van der Waals surface area contributed by atoms with Gasteiger partial charge in [-0.05, 0) is 55.6 Å². The second-order valence-electron chi connectivity index (χ2n) is 3.80. The number of rotatable bonds is 4. The molecule has 1 aromatic heterocycles. The first-order valence-electron chi connectivity index (χ1n) is 5.41. The molecule has 1 heterocycles. The van der Waals surface area contributed by atoms with Gasteiger partial charge in [-0.25, -0.2) is 0 Å². The van der Waals surface area contributed by atoms with E-state index in [0.717, 1.165) is 18.7 Å². The quantitative estimate of drug-likeness (QED) is 0.817. The summed E-state index contributed by atoms with van der Waals surface area (Å²) in [6.07, 6.45) is -0.711. The van der Waals surface area contributed by atoms with Gasteiger partial charge in [-0.1, -0.05) is 6.07 Å². The first kappa shape index (κ1) is 14.8. The van der Waals surface area contributed by atoms with Crippen molar-refractivity contribution in [1.29, 1.82) is 0 Å². The molecule has 6 heteroatoms. The van der Waals surface area contributed by atoms with Crippen LogP contribution < -0.4 is 9.47 Å². The minimum absolute atomic E-state index is 0.601. The molecule has 0 saturated heterocycles. The molecule has 0 aliphatic carbocycles. The number of aliphatic hydroxyl groups is 1. The van der Waals surface area contributed by atoms with Crippen molar-refractivity contribution in [2.75, 3.05) is 14.2 Å². The average molecular weight is 408 g/mol. The highest BCUT2D eigenvalue weighted by atomic mass is 79.9. The predicted octanol–water partition coefficient (Wildman–Crippen LogP) is 4.37. The summed E-state index contributed by atoms with van der Waals surface area (Å²) in [6, 6.07) is 7.29. The highest BCUT2D eigenvalue weighted by Crippen LogP contribution is 2.39. The van der Waals surface area contributed by atoms with Crippen molar-refractivity contribution in [3.63, 3.8) is 0 Å². The fourth-order valence-electron chi connectivity index (χ4n) is 1.74. The molecule has 102 valence electrons. The fourth-order valence-corrected chi connectivity index (χ4v) is 4.63. The number of hydrogen-bond acceptors (Lipinski definition) is 4. The summed E-state index contributed by atoms with van der Waals surface area (Å²) in [5, 5.41) is 10.4. The van der Waals surface area contributed by atoms with Gasteiger partial charge in [0, 0.05) is 5.56 Å². The molecule has 0 bridgehead atoms. The number of methoxy groups -OCH3 is 2. The largest absolute Gasteiger partial charge is 0.493 e. The van der Waals surface area contributed by atoms with Gasteiger partial charge in [-0.15, -0.1) is 11.3 Å². The fraction of sp³-hybridized carbons (Fsp3) is 0.231. The summed E-state index contributed by atoms with van der Waals surface area (Å²) >= 11 is 8.39. The highest BCUT2D eigenvalue weighted by Gasteiger charge is 2.18. The van der Waals surface area contributed by atoms with Crippen LogP contribution in [0.25, 0.3) is 0 Å². The number of ether oxygens (including phenoxy) is 2. The topological polar surface area (TPSA) is 38.7 Å². The van der Waals surface area contributed by atoms with Gasteiger partial charge in [0.25, 0.3) is 0 Å². The third-order valence-electron chi connectivity index (χ3n) is 2.70. The molecule has 0 saturated carbocycles. The van der Waals surface area contributed by atoms with Crippen LogP contribution in [0.4, 0.5) is 0 Å². The van der Waals surface area contributed by atoms with Crippen molar-refractivity contribution in [3.05, 3.63) is 43.0 Å². The SMILES string of the molecule is COc1ccc(C(O)c2cc(Br)sc2Br)cc1OC. The Morgan fingerprint density at radius 1 is 1.11 bits per heavy atom. The Bertz CT molecular complexity index is 583. The molecule has 19 heavy (non-hydrogen) atoms. The Morgan fingerprint density at radius 3 is 2.32 bits per heavy atom. The first-order valence-corrected chi connectivity index (χ1v) is 7.81. The summed E-state index contributed by atoms with van der Waals surface area (Å²) in [5.74, 6) is 1.24. The Labute approximate surface area is 132 Å². The van der Waals surface area contributed by atoms with E-state index in [9.17, 15) is 5.11 Å². The molecule has 2 rings (SSSR count). The van der Waals surface area contributed by atoms with Crippen LogP contribution in [0.15, 0.2) is 31.8 Å². The molecule has 1 unspecified atom stereocenters. The molecular weight excluding hydrogens is 396 g/mol. The van der Waals surface area contributed by atoms with E-state index in [0.29, 0.717) is 11.5 Å². The van der Waals surface area contributed by atoms with Crippen LogP contribution >= 0.6 is 43.2 Å². The van der Waals surface area contributed by atoms with Crippen molar-refractivity contribution in [2.45, 2.75) is 6.10 Å². The summed E-state index contributed by atoms with van der Waals surface area (Å²) in [4.78, 5) is 0. The van der Waals surface area contributed by atoms with Crippen LogP contribution in [0.1, 0.15) is 17.2 Å². The van der Waals surface area contributed by atoms with E-state index >= 15 is 0 Å². The summed E-state index contributed by atoms with van der Waals surface area (Å²) in [7, 11) is 3.16. The maximum atomic E-state index is 10.4. The van der Waals surface area contributed by atoms with Gasteiger partial charge in [-0.3, -0.25) is 0 Å². The van der Waals surface area contributed by atoms with Gasteiger partial charge in [-0.2, -0.15) is 0 Å². The lowest BCUT2D eigenvalue weighted by atomic mass is 10.0. The third kappa shape index (κ3) is 3.13. The van der Waals surface area contributed by atoms with Crippen molar-refractivity contribution >= 4 is 43.2 Å². The van der Waals surface area contributed by atoms with Gasteiger partial charge < -0.3 is 14.6 Å². The van der Waals surface area contributed by atoms with Crippen LogP contribution in [-0.2, 0) is 0 Å². The zero-order valence-corrected chi connectivity index (χ0v) is 14.3. The molecule has 1 atom stereocenters. The number of benzene rings is 1. The summed E-state index contributed by atoms with van der Waals surface area (Å²) < 4.78 is 12.3. The van der Waals surface area contributed by atoms with Crippen LogP contribution in [0.3, 0.4) is 0 Å². The Hall–Kier alpha value is -0.560. The molecule has 0 spiro atoms. The van der Waals surface area contributed by atoms with E-state index in [-0.39, 0.29) is 0 Å². The van der Waals surface area contributed by atoms with E-state index in [4.69, 9.17) is 9.47 Å². The second kappa shape index (κ2) is 6.26. The van der Waals surface area contributed by atoms with Crippen LogP contribution in [0.5, 0.6) is 11.5 Å². The van der Waals surface area contributed by atoms with Gasteiger partial charge >= 0.3 is 0 Å². The number of hydrogen-bond donors (Lipinski definition) is 1. The number of thiophene rings is 1. The van der Waals surface area contributed by atoms with Gasteiger partial charge in [0.1, 0.15) is 6.10 Å². The Kier molecular flexibility index (Phi) is 4.89. The second-order valence-corrected chi connectivity index (χ2v) is 7.55. The lowest BCUT2D eigenvalue weighted by Crippen LogP contribution is -2.00. The van der Waals surface area contributed by atoms with Crippen LogP contribution in [-0.4, -0.2) is 19.3 Å². The van der Waals surface area contributed by atoms with E-state index in [1.54, 1.807) is 26.4 Å². The van der Waals surface area contributed by atoms with Gasteiger partial charge in [0.2, 0.25) is 0 Å². The van der Waals surface area contributed by atoms with E-state index in [1.807, 2.05) is 12.1 Å². The summed E-state index contributed by atoms with van der Waals surface area (Å²) in [6.45, 7) is 0. The maximum Gasteiger partial charge on any atom is 0.161 e. The zero-order chi connectivity index (χ0) is 14.0. The van der Waals surface area contributed by atoms with Crippen molar-refractivity contribution < 1.29 is 14.6 Å². The molecule has 3 nitrogen and oxygen atoms in total. The smallest absolute Gasteiger partial charge is 0.161 e. The van der Waals surface area contributed by atoms with E-state index < -0.39 is 6.10 Å². The predicted molar refractivity (Wildman–Crippen MR) is 83.3 cm³/mol. The molecule has 1 aromatic carbocycles. The lowest BCUT2D eigenvalue weighted by Gasteiger charge is -2.13. The van der Waals surface area contributed by atoms with Crippen LogP contribution in [0, 0.1) is 0 Å². The zero-order valence-electron chi connectivity index (χ0n) is 10.3. The molecule has 0 radical (unpaired) electrons. The minimum atomic E-state index is -0.711. The van der Waals surface area contributed by atoms with Gasteiger partial charge in [0.15, 0.2) is 11.5 Å². The third-order valence-corrected chi connectivity index (χ3v) is 5.09.